The van der Waals surface area contributed by atoms with Gasteiger partial charge < -0.3 is 10.2 Å². The first-order chi connectivity index (χ1) is 11.8. The van der Waals surface area contributed by atoms with Crippen LogP contribution in [0.15, 0.2) is 18.5 Å². The van der Waals surface area contributed by atoms with Crippen LogP contribution in [0.3, 0.4) is 0 Å². The highest BCUT2D eigenvalue weighted by molar-refractivity contribution is 7.89. The SMILES string of the molecule is Cl.O=S(=O)(C1CCNCC1)N1CCN(c2cncc(C(F)(F)F)c2)CC1. The Morgan fingerprint density at radius 1 is 1.08 bits per heavy atom. The van der Waals surface area contributed by atoms with Crippen LogP contribution in [0.4, 0.5) is 18.9 Å². The zero-order valence-electron chi connectivity index (χ0n) is 14.1. The van der Waals surface area contributed by atoms with Crippen molar-refractivity contribution in [1.29, 1.82) is 0 Å². The number of halogens is 4. The van der Waals surface area contributed by atoms with Crippen LogP contribution in [0.1, 0.15) is 18.4 Å². The van der Waals surface area contributed by atoms with E-state index in [2.05, 4.69) is 10.3 Å². The number of aromatic nitrogens is 1. The number of rotatable bonds is 3. The number of alkyl halides is 3. The third kappa shape index (κ3) is 4.59. The third-order valence-corrected chi connectivity index (χ3v) is 7.12. The van der Waals surface area contributed by atoms with E-state index in [0.717, 1.165) is 12.3 Å². The molecule has 1 aromatic rings. The summed E-state index contributed by atoms with van der Waals surface area (Å²) in [6.07, 6.45) is -1.07. The Kier molecular flexibility index (Phi) is 6.75. The molecule has 6 nitrogen and oxygen atoms in total. The Hall–Kier alpha value is -1.10. The van der Waals surface area contributed by atoms with Crippen molar-refractivity contribution in [2.24, 2.45) is 0 Å². The van der Waals surface area contributed by atoms with E-state index in [1.807, 2.05) is 0 Å². The third-order valence-electron chi connectivity index (χ3n) is 4.72. The summed E-state index contributed by atoms with van der Waals surface area (Å²) in [5.41, 5.74) is -0.427. The van der Waals surface area contributed by atoms with E-state index < -0.39 is 21.8 Å². The maximum Gasteiger partial charge on any atom is 0.417 e. The molecule has 0 bridgehead atoms. The molecule has 0 aliphatic carbocycles. The van der Waals surface area contributed by atoms with E-state index in [1.54, 1.807) is 4.90 Å². The Morgan fingerprint density at radius 2 is 1.69 bits per heavy atom. The molecule has 0 aromatic carbocycles. The topological polar surface area (TPSA) is 65.5 Å². The Morgan fingerprint density at radius 3 is 2.27 bits per heavy atom. The van der Waals surface area contributed by atoms with Crippen molar-refractivity contribution >= 4 is 28.1 Å². The summed E-state index contributed by atoms with van der Waals surface area (Å²) in [5, 5.41) is 2.78. The first-order valence-electron chi connectivity index (χ1n) is 8.25. The standard InChI is InChI=1S/C15H21F3N4O2S.ClH/c16-15(17,18)12-9-13(11-20-10-12)21-5-7-22(8-6-21)25(23,24)14-1-3-19-4-2-14;/h9-11,14,19H,1-8H2;1H. The molecule has 1 aromatic heterocycles. The number of anilines is 1. The molecule has 148 valence electrons. The zero-order valence-corrected chi connectivity index (χ0v) is 15.7. The number of pyridine rings is 1. The lowest BCUT2D eigenvalue weighted by Crippen LogP contribution is -2.52. The highest BCUT2D eigenvalue weighted by atomic mass is 35.5. The molecule has 3 heterocycles. The number of nitrogens with one attached hydrogen (secondary N) is 1. The highest BCUT2D eigenvalue weighted by Gasteiger charge is 2.35. The van der Waals surface area contributed by atoms with E-state index in [-0.39, 0.29) is 30.7 Å². The van der Waals surface area contributed by atoms with Gasteiger partial charge in [-0.15, -0.1) is 12.4 Å². The lowest BCUT2D eigenvalue weighted by atomic mass is 10.2. The largest absolute Gasteiger partial charge is 0.417 e. The second-order valence-corrected chi connectivity index (χ2v) is 8.52. The second kappa shape index (κ2) is 8.28. The molecule has 11 heteroatoms. The van der Waals surface area contributed by atoms with E-state index in [1.165, 1.54) is 10.5 Å². The Labute approximate surface area is 157 Å². The number of hydrogen-bond donors (Lipinski definition) is 1. The predicted molar refractivity (Wildman–Crippen MR) is 95.1 cm³/mol. The molecule has 0 unspecified atom stereocenters. The van der Waals surface area contributed by atoms with Gasteiger partial charge in [0.15, 0.2) is 0 Å². The molecular formula is C15H22ClF3N4O2S. The number of nitrogens with zero attached hydrogens (tertiary/aromatic N) is 3. The second-order valence-electron chi connectivity index (χ2n) is 6.31. The minimum atomic E-state index is -4.44. The Balaban J connectivity index is 0.00000243. The first kappa shape index (κ1) is 21.2. The molecule has 2 fully saturated rings. The van der Waals surface area contributed by atoms with E-state index in [4.69, 9.17) is 0 Å². The van der Waals surface area contributed by atoms with Crippen molar-refractivity contribution in [3.05, 3.63) is 24.0 Å². The van der Waals surface area contributed by atoms with E-state index in [0.29, 0.717) is 44.7 Å². The summed E-state index contributed by atoms with van der Waals surface area (Å²) in [6.45, 7) is 2.66. The zero-order chi connectivity index (χ0) is 18.1. The molecule has 0 saturated carbocycles. The summed E-state index contributed by atoms with van der Waals surface area (Å²) >= 11 is 0. The van der Waals surface area contributed by atoms with Gasteiger partial charge in [-0.1, -0.05) is 0 Å². The monoisotopic (exact) mass is 414 g/mol. The van der Waals surface area contributed by atoms with Gasteiger partial charge in [0.25, 0.3) is 0 Å². The van der Waals surface area contributed by atoms with Crippen LogP contribution in [0, 0.1) is 0 Å². The van der Waals surface area contributed by atoms with Crippen molar-refractivity contribution in [3.8, 4) is 0 Å². The molecule has 0 spiro atoms. The smallest absolute Gasteiger partial charge is 0.368 e. The van der Waals surface area contributed by atoms with Crippen LogP contribution in [0.2, 0.25) is 0 Å². The van der Waals surface area contributed by atoms with Gasteiger partial charge in [0.2, 0.25) is 10.0 Å². The molecular weight excluding hydrogens is 393 g/mol. The van der Waals surface area contributed by atoms with E-state index >= 15 is 0 Å². The fraction of sp³-hybridized carbons (Fsp3) is 0.667. The van der Waals surface area contributed by atoms with Gasteiger partial charge in [0, 0.05) is 32.4 Å². The summed E-state index contributed by atoms with van der Waals surface area (Å²) in [4.78, 5) is 5.41. The van der Waals surface area contributed by atoms with Crippen LogP contribution >= 0.6 is 12.4 Å². The summed E-state index contributed by atoms with van der Waals surface area (Å²) < 4.78 is 65.3. The Bertz CT molecular complexity index is 703. The van der Waals surface area contributed by atoms with Crippen molar-refractivity contribution < 1.29 is 21.6 Å². The molecule has 2 aliphatic rings. The van der Waals surface area contributed by atoms with Gasteiger partial charge in [-0.25, -0.2) is 8.42 Å². The van der Waals surface area contributed by atoms with Crippen LogP contribution in [-0.4, -0.2) is 62.2 Å². The van der Waals surface area contributed by atoms with Gasteiger partial charge in [-0.3, -0.25) is 4.98 Å². The van der Waals surface area contributed by atoms with Gasteiger partial charge in [-0.2, -0.15) is 17.5 Å². The summed E-state index contributed by atoms with van der Waals surface area (Å²) in [5.74, 6) is 0. The van der Waals surface area contributed by atoms with Crippen molar-refractivity contribution in [3.63, 3.8) is 0 Å². The van der Waals surface area contributed by atoms with Gasteiger partial charge in [0.1, 0.15) is 0 Å². The normalized spacial score (nSPS) is 20.7. The van der Waals surface area contributed by atoms with Gasteiger partial charge in [-0.05, 0) is 32.0 Å². The predicted octanol–water partition coefficient (Wildman–Crippen LogP) is 1.73. The van der Waals surface area contributed by atoms with Crippen molar-refractivity contribution in [2.75, 3.05) is 44.2 Å². The summed E-state index contributed by atoms with van der Waals surface area (Å²) in [7, 11) is -3.35. The lowest BCUT2D eigenvalue weighted by molar-refractivity contribution is -0.137. The fourth-order valence-corrected chi connectivity index (χ4v) is 5.19. The highest BCUT2D eigenvalue weighted by Crippen LogP contribution is 2.31. The molecule has 2 aliphatic heterocycles. The van der Waals surface area contributed by atoms with Crippen LogP contribution in [0.25, 0.3) is 0 Å². The molecule has 3 rings (SSSR count). The maximum absolute atomic E-state index is 12.8. The number of piperidine rings is 1. The van der Waals surface area contributed by atoms with Gasteiger partial charge in [0.05, 0.1) is 22.7 Å². The lowest BCUT2D eigenvalue weighted by Gasteiger charge is -2.37. The van der Waals surface area contributed by atoms with Crippen LogP contribution in [-0.2, 0) is 16.2 Å². The maximum atomic E-state index is 12.8. The summed E-state index contributed by atoms with van der Waals surface area (Å²) in [6, 6.07) is 1.06. The molecule has 0 amide bonds. The molecule has 1 N–H and O–H groups in total. The quantitative estimate of drug-likeness (QED) is 0.816. The molecule has 0 atom stereocenters. The average molecular weight is 415 g/mol. The van der Waals surface area contributed by atoms with Gasteiger partial charge >= 0.3 is 6.18 Å². The van der Waals surface area contributed by atoms with Crippen LogP contribution < -0.4 is 10.2 Å². The van der Waals surface area contributed by atoms with E-state index in [9.17, 15) is 21.6 Å². The number of sulfonamides is 1. The van der Waals surface area contributed by atoms with Crippen LogP contribution in [0.5, 0.6) is 0 Å². The average Bonchev–Trinajstić information content (AvgIpc) is 2.62. The van der Waals surface area contributed by atoms with Crippen molar-refractivity contribution in [1.82, 2.24) is 14.6 Å². The van der Waals surface area contributed by atoms with Crippen molar-refractivity contribution in [2.45, 2.75) is 24.3 Å². The fourth-order valence-electron chi connectivity index (χ4n) is 3.26. The first-order valence-corrected chi connectivity index (χ1v) is 9.75. The minimum Gasteiger partial charge on any atom is -0.368 e. The number of hydrogen-bond acceptors (Lipinski definition) is 5. The molecule has 26 heavy (non-hydrogen) atoms. The number of piperazine rings is 1. The minimum absolute atomic E-state index is 0. The molecule has 0 radical (unpaired) electrons. The molecule has 2 saturated heterocycles.